The average molecular weight is 1750 g/mol. The van der Waals surface area contributed by atoms with E-state index >= 15 is 0 Å². The minimum absolute atomic E-state index is 0. The molecule has 4 aromatic heterocycles. The fourth-order valence-corrected chi connectivity index (χ4v) is 5.66. The molecular weight excluding hydrogens is 1690 g/mol. The van der Waals surface area contributed by atoms with Crippen LogP contribution >= 0.6 is 0 Å². The van der Waals surface area contributed by atoms with Crippen LogP contribution in [0.15, 0.2) is 159 Å². The number of hydrogen-bond acceptors (Lipinski definition) is 10. The van der Waals surface area contributed by atoms with E-state index in [0.29, 0.717) is 30.7 Å². The minimum Gasteiger partial charge on any atom is -0.393 e. The molecule has 0 spiro atoms. The third-order valence-corrected chi connectivity index (χ3v) is 8.49. The molecule has 8 rings (SSSR count). The smallest absolute Gasteiger partial charge is 0.0536 e. The number of halogens is 4. The van der Waals surface area contributed by atoms with Crippen molar-refractivity contribution < 1.29 is 130 Å². The van der Waals surface area contributed by atoms with E-state index in [1.807, 2.05) is 73.1 Å². The van der Waals surface area contributed by atoms with Gasteiger partial charge in [-0.05, 0) is 108 Å². The first-order valence-electron chi connectivity index (χ1n) is 22.4. The Balaban J connectivity index is -0.000000815. The molecule has 0 saturated heterocycles. The van der Waals surface area contributed by atoms with E-state index in [1.54, 1.807) is 112 Å². The second kappa shape index (κ2) is 43.8. The molecule has 4 aromatic carbocycles. The predicted molar refractivity (Wildman–Crippen MR) is 266 cm³/mol. The second-order valence-electron chi connectivity index (χ2n) is 15.7. The van der Waals surface area contributed by atoms with Crippen LogP contribution in [0.25, 0.3) is 33.9 Å². The Hall–Kier alpha value is -4.28. The molecule has 0 aliphatic heterocycles. The maximum Gasteiger partial charge on any atom is 0.0536 e. The molecular formula is C55H62F4Ir3N6O6Pt-4. The van der Waals surface area contributed by atoms with Gasteiger partial charge in [0.1, 0.15) is 0 Å². The maximum absolute atomic E-state index is 13.2. The molecule has 20 heteroatoms. The molecule has 6 unspecified atom stereocenters. The van der Waals surface area contributed by atoms with Gasteiger partial charge in [-0.3, -0.25) is 26.9 Å². The SMILES string of the molecule is CC(O)CC(C)O.CC(O)CC(C)O.CC(O)CC(C)O.Fc1c[c-]c(-c2ccccn2)c(F)c1.Fc1c[c-]c(-c2ccccn2)c(F)c1.[Ir].[Ir].[Ir].[Pt].[c-]1ccccc1-n1cccn1.[c-]1ccccc1-n1cccn1. The Morgan fingerprint density at radius 1 is 0.440 bits per heavy atom. The summed E-state index contributed by atoms with van der Waals surface area (Å²) in [5.41, 5.74) is 3.21. The largest absolute Gasteiger partial charge is 0.393 e. The number of rotatable bonds is 10. The number of para-hydroxylation sites is 2. The molecule has 3 radical (unpaired) electrons. The van der Waals surface area contributed by atoms with Crippen LogP contribution in [-0.4, -0.2) is 96.8 Å². The van der Waals surface area contributed by atoms with Crippen molar-refractivity contribution in [2.75, 3.05) is 0 Å². The Morgan fingerprint density at radius 2 is 0.760 bits per heavy atom. The first kappa shape index (κ1) is 75.0. The summed E-state index contributed by atoms with van der Waals surface area (Å²) in [7, 11) is 0. The Kier molecular flexibility index (Phi) is 43.8. The van der Waals surface area contributed by atoms with Crippen LogP contribution in [0, 0.1) is 47.5 Å². The van der Waals surface area contributed by atoms with Gasteiger partial charge in [0.2, 0.25) is 0 Å². The molecule has 75 heavy (non-hydrogen) atoms. The molecule has 0 aliphatic rings. The molecule has 0 amide bonds. The van der Waals surface area contributed by atoms with E-state index < -0.39 is 23.3 Å². The third-order valence-electron chi connectivity index (χ3n) is 8.49. The van der Waals surface area contributed by atoms with Gasteiger partial charge in [0, 0.05) is 142 Å². The number of aromatic nitrogens is 6. The minimum atomic E-state index is -0.649. The number of hydrogen-bond donors (Lipinski definition) is 6. The fourth-order valence-electron chi connectivity index (χ4n) is 5.66. The van der Waals surface area contributed by atoms with Crippen molar-refractivity contribution in [3.8, 4) is 33.9 Å². The van der Waals surface area contributed by atoms with Gasteiger partial charge in [0.05, 0.1) is 36.6 Å². The van der Waals surface area contributed by atoms with Gasteiger partial charge in [0.25, 0.3) is 0 Å². The molecule has 4 heterocycles. The predicted octanol–water partition coefficient (Wildman–Crippen LogP) is 9.40. The van der Waals surface area contributed by atoms with Crippen molar-refractivity contribution in [2.45, 2.75) is 97.4 Å². The van der Waals surface area contributed by atoms with Crippen LogP contribution in [0.4, 0.5) is 17.6 Å². The van der Waals surface area contributed by atoms with E-state index in [1.165, 1.54) is 0 Å². The van der Waals surface area contributed by atoms with Crippen LogP contribution in [0.3, 0.4) is 0 Å². The van der Waals surface area contributed by atoms with Crippen molar-refractivity contribution in [3.05, 3.63) is 206 Å². The van der Waals surface area contributed by atoms with Crippen LogP contribution in [0.5, 0.6) is 0 Å². The van der Waals surface area contributed by atoms with E-state index in [0.717, 1.165) is 35.6 Å². The van der Waals surface area contributed by atoms with E-state index in [9.17, 15) is 17.6 Å². The maximum atomic E-state index is 13.2. The van der Waals surface area contributed by atoms with E-state index in [2.05, 4.69) is 44.4 Å². The topological polar surface area (TPSA) is 183 Å². The van der Waals surface area contributed by atoms with Gasteiger partial charge in [0.15, 0.2) is 0 Å². The van der Waals surface area contributed by atoms with E-state index in [-0.39, 0.29) is 129 Å². The number of pyridine rings is 2. The standard InChI is InChI=1S/2C11H6F2N.2C9H7N2.3C5H12O2.3Ir.Pt/c2*12-8-4-5-9(10(13)7-8)11-3-1-2-6-14-11;2*1-2-5-9(6-3-1)11-8-4-7-10-11;3*1-4(6)3-5(2)7;;;;/h2*1-4,6-7H;2*1-5,7-8H;3*4-7H,3H2,1-2H3;;;;/q4*-1;;;;;;;. The van der Waals surface area contributed by atoms with Crippen molar-refractivity contribution >= 4 is 0 Å². The number of aliphatic hydroxyl groups is 6. The van der Waals surface area contributed by atoms with Gasteiger partial charge in [-0.2, -0.15) is 58.7 Å². The molecule has 0 saturated carbocycles. The average Bonchev–Trinajstić information content (AvgIpc) is 4.07. The Bertz CT molecular complexity index is 2340. The monoisotopic (exact) mass is 1750 g/mol. The molecule has 6 atom stereocenters. The number of aliphatic hydroxyl groups excluding tert-OH is 6. The normalized spacial score (nSPS) is 11.9. The third kappa shape index (κ3) is 34.9. The Labute approximate surface area is 492 Å². The van der Waals surface area contributed by atoms with Crippen molar-refractivity contribution in [1.82, 2.24) is 29.5 Å². The molecule has 12 nitrogen and oxygen atoms in total. The van der Waals surface area contributed by atoms with Crippen molar-refractivity contribution in [2.24, 2.45) is 0 Å². The summed E-state index contributed by atoms with van der Waals surface area (Å²) in [4.78, 5) is 7.89. The summed E-state index contributed by atoms with van der Waals surface area (Å²) in [5.74, 6) is -2.57. The molecule has 8 aromatic rings. The van der Waals surface area contributed by atoms with E-state index in [4.69, 9.17) is 30.6 Å². The van der Waals surface area contributed by atoms with Gasteiger partial charge in [-0.15, -0.1) is 36.4 Å². The van der Waals surface area contributed by atoms with Crippen LogP contribution in [0.1, 0.15) is 60.8 Å². The quantitative estimate of drug-likeness (QED) is 0.0570. The van der Waals surface area contributed by atoms with Crippen LogP contribution < -0.4 is 0 Å². The first-order valence-corrected chi connectivity index (χ1v) is 22.4. The number of nitrogens with zero attached hydrogens (tertiary/aromatic N) is 6. The zero-order valence-corrected chi connectivity index (χ0v) is 51.2. The van der Waals surface area contributed by atoms with Gasteiger partial charge in [-0.25, -0.2) is 0 Å². The first-order chi connectivity index (χ1) is 33.9. The van der Waals surface area contributed by atoms with Crippen LogP contribution in [0.2, 0.25) is 0 Å². The van der Waals surface area contributed by atoms with Crippen LogP contribution in [-0.2, 0) is 81.4 Å². The summed E-state index contributed by atoms with van der Waals surface area (Å²) >= 11 is 0. The molecule has 6 N–H and O–H groups in total. The van der Waals surface area contributed by atoms with Crippen molar-refractivity contribution in [3.63, 3.8) is 0 Å². The zero-order chi connectivity index (χ0) is 52.6. The Morgan fingerprint density at radius 3 is 0.973 bits per heavy atom. The fraction of sp³-hybridized carbons (Fsp3) is 0.273. The number of benzene rings is 4. The summed E-state index contributed by atoms with van der Waals surface area (Å²) in [6.07, 6.45) is 9.55. The summed E-state index contributed by atoms with van der Waals surface area (Å²) < 4.78 is 55.1. The van der Waals surface area contributed by atoms with Crippen molar-refractivity contribution in [1.29, 1.82) is 0 Å². The summed E-state index contributed by atoms with van der Waals surface area (Å²) in [6.45, 7) is 9.96. The zero-order valence-electron chi connectivity index (χ0n) is 41.8. The van der Waals surface area contributed by atoms with Gasteiger partial charge >= 0.3 is 0 Å². The molecule has 0 bridgehead atoms. The summed E-state index contributed by atoms with van der Waals surface area (Å²) in [6, 6.07) is 44.5. The van der Waals surface area contributed by atoms with Gasteiger partial charge in [-0.1, -0.05) is 47.5 Å². The molecule has 0 fully saturated rings. The molecule has 0 aliphatic carbocycles. The second-order valence-corrected chi connectivity index (χ2v) is 15.7. The summed E-state index contributed by atoms with van der Waals surface area (Å²) in [5, 5.41) is 59.5. The molecule has 417 valence electrons. The van der Waals surface area contributed by atoms with Gasteiger partial charge < -0.3 is 40.6 Å².